The van der Waals surface area contributed by atoms with E-state index in [1.54, 1.807) is 24.5 Å². The first-order valence-corrected chi connectivity index (χ1v) is 13.2. The Kier molecular flexibility index (Phi) is 6.03. The van der Waals surface area contributed by atoms with Crippen molar-refractivity contribution in [2.24, 2.45) is 0 Å². The van der Waals surface area contributed by atoms with Crippen molar-refractivity contribution in [3.8, 4) is 11.1 Å². The summed E-state index contributed by atoms with van der Waals surface area (Å²) in [5.74, 6) is -4.45. The number of benzene rings is 3. The molecule has 0 bridgehead atoms. The van der Waals surface area contributed by atoms with Crippen molar-refractivity contribution < 1.29 is 26.4 Å². The maximum atomic E-state index is 15.5. The van der Waals surface area contributed by atoms with Gasteiger partial charge >= 0.3 is 0 Å². The van der Waals surface area contributed by atoms with Crippen LogP contribution in [0.4, 0.5) is 18.9 Å². The second-order valence-corrected chi connectivity index (χ2v) is 10.5. The molecule has 6 rings (SSSR count). The largest absolute Gasteiger partial charge is 0.345 e. The highest BCUT2D eigenvalue weighted by molar-refractivity contribution is 7.92. The molecule has 8 nitrogen and oxygen atoms in total. The van der Waals surface area contributed by atoms with E-state index in [1.165, 1.54) is 18.6 Å². The Labute approximate surface area is 224 Å². The van der Waals surface area contributed by atoms with Crippen molar-refractivity contribution in [2.75, 3.05) is 4.72 Å². The number of hydrogen-bond acceptors (Lipinski definition) is 6. The van der Waals surface area contributed by atoms with Crippen molar-refractivity contribution in [1.82, 2.24) is 19.9 Å². The summed E-state index contributed by atoms with van der Waals surface area (Å²) in [5.41, 5.74) is 0.715. The monoisotopic (exact) mass is 559 g/mol. The van der Waals surface area contributed by atoms with Crippen molar-refractivity contribution in [3.63, 3.8) is 0 Å². The topological polar surface area (TPSA) is 118 Å². The number of pyridine rings is 1. The van der Waals surface area contributed by atoms with Gasteiger partial charge in [-0.3, -0.25) is 9.52 Å². The number of ketones is 1. The van der Waals surface area contributed by atoms with Gasteiger partial charge in [-0.15, -0.1) is 0 Å². The smallest absolute Gasteiger partial charge is 0.262 e. The predicted octanol–water partition coefficient (Wildman–Crippen LogP) is 5.62. The molecule has 0 unspecified atom stereocenters. The Morgan fingerprint density at radius 3 is 2.58 bits per heavy atom. The zero-order valence-corrected chi connectivity index (χ0v) is 21.0. The molecule has 0 spiro atoms. The average Bonchev–Trinajstić information content (AvgIpc) is 3.38. The number of sulfonamides is 1. The van der Waals surface area contributed by atoms with Gasteiger partial charge in [0.25, 0.3) is 10.0 Å². The summed E-state index contributed by atoms with van der Waals surface area (Å²) in [6, 6.07) is 12.8. The van der Waals surface area contributed by atoms with Gasteiger partial charge in [0.15, 0.2) is 5.82 Å². The van der Waals surface area contributed by atoms with Crippen LogP contribution in [0.2, 0.25) is 0 Å². The fourth-order valence-corrected chi connectivity index (χ4v) is 5.42. The summed E-state index contributed by atoms with van der Waals surface area (Å²) in [5, 5.41) is 1.09. The fraction of sp³-hybridized carbons (Fsp3) is 0. The number of carbonyl (C=O) groups excluding carboxylic acids is 1. The number of anilines is 1. The molecular weight excluding hydrogens is 543 g/mol. The van der Waals surface area contributed by atoms with Crippen molar-refractivity contribution in [3.05, 3.63) is 114 Å². The third kappa shape index (κ3) is 4.43. The molecule has 0 aliphatic carbocycles. The first-order valence-electron chi connectivity index (χ1n) is 11.7. The number of hydrogen-bond donors (Lipinski definition) is 2. The van der Waals surface area contributed by atoms with Gasteiger partial charge in [-0.05, 0) is 54.1 Å². The number of fused-ring (bicyclic) bond motifs is 2. The molecular formula is C28H16F3N5O3S. The molecule has 3 aromatic carbocycles. The van der Waals surface area contributed by atoms with E-state index in [9.17, 15) is 22.0 Å². The summed E-state index contributed by atoms with van der Waals surface area (Å²) < 4.78 is 71.2. The fourth-order valence-electron chi connectivity index (χ4n) is 4.33. The first kappa shape index (κ1) is 25.2. The van der Waals surface area contributed by atoms with E-state index in [0.717, 1.165) is 46.8 Å². The third-order valence-electron chi connectivity index (χ3n) is 6.28. The number of H-pyrrole nitrogens is 1. The predicted molar refractivity (Wildman–Crippen MR) is 142 cm³/mol. The average molecular weight is 560 g/mol. The molecule has 0 saturated heterocycles. The normalized spacial score (nSPS) is 11.7. The number of nitrogens with one attached hydrogen (secondary N) is 2. The molecule has 40 heavy (non-hydrogen) atoms. The summed E-state index contributed by atoms with van der Waals surface area (Å²) in [4.78, 5) is 28.3. The van der Waals surface area contributed by atoms with Gasteiger partial charge < -0.3 is 4.98 Å². The molecule has 0 amide bonds. The minimum Gasteiger partial charge on any atom is -0.345 e. The van der Waals surface area contributed by atoms with E-state index >= 15 is 4.39 Å². The highest BCUT2D eigenvalue weighted by Gasteiger charge is 2.26. The highest BCUT2D eigenvalue weighted by Crippen LogP contribution is 2.31. The molecule has 12 heteroatoms. The lowest BCUT2D eigenvalue weighted by Gasteiger charge is -2.12. The molecule has 3 heterocycles. The van der Waals surface area contributed by atoms with Gasteiger partial charge in [-0.2, -0.15) is 0 Å². The Morgan fingerprint density at radius 1 is 0.900 bits per heavy atom. The Bertz CT molecular complexity index is 2080. The summed E-state index contributed by atoms with van der Waals surface area (Å²) in [6.45, 7) is 0. The lowest BCUT2D eigenvalue weighted by atomic mass is 9.99. The van der Waals surface area contributed by atoms with Crippen LogP contribution in [0.1, 0.15) is 15.9 Å². The Hall–Kier alpha value is -5.10. The number of aromatic amines is 1. The van der Waals surface area contributed by atoms with Crippen molar-refractivity contribution in [2.45, 2.75) is 4.90 Å². The van der Waals surface area contributed by atoms with Crippen LogP contribution in [-0.4, -0.2) is 34.1 Å². The van der Waals surface area contributed by atoms with Crippen LogP contribution < -0.4 is 4.72 Å². The molecule has 0 aliphatic heterocycles. The summed E-state index contributed by atoms with van der Waals surface area (Å²) in [7, 11) is -4.44. The number of nitrogens with zero attached hydrogens (tertiary/aromatic N) is 3. The van der Waals surface area contributed by atoms with Crippen LogP contribution >= 0.6 is 0 Å². The van der Waals surface area contributed by atoms with Crippen molar-refractivity contribution in [1.29, 1.82) is 0 Å². The molecule has 2 N–H and O–H groups in total. The van der Waals surface area contributed by atoms with Crippen LogP contribution in [0.3, 0.4) is 0 Å². The van der Waals surface area contributed by atoms with Gasteiger partial charge in [0, 0.05) is 40.5 Å². The van der Waals surface area contributed by atoms with Gasteiger partial charge in [0.2, 0.25) is 5.78 Å². The molecule has 6 aromatic rings. The number of aromatic nitrogens is 4. The maximum absolute atomic E-state index is 15.5. The van der Waals surface area contributed by atoms with E-state index in [4.69, 9.17) is 0 Å². The zero-order valence-electron chi connectivity index (χ0n) is 20.2. The lowest BCUT2D eigenvalue weighted by molar-refractivity contribution is 0.103. The van der Waals surface area contributed by atoms with Crippen molar-refractivity contribution >= 4 is 43.4 Å². The SMILES string of the molecule is O=C(c1c(F)ccc(NS(=O)(=O)c2cccc(F)c2)c1F)c1c[nH]c2ncc(-c3ccc4ncncc4c3)cc12. The molecule has 198 valence electrons. The maximum Gasteiger partial charge on any atom is 0.262 e. The van der Waals surface area contributed by atoms with E-state index in [2.05, 4.69) is 19.9 Å². The van der Waals surface area contributed by atoms with Crippen LogP contribution in [-0.2, 0) is 10.0 Å². The first-order chi connectivity index (χ1) is 19.2. The molecule has 3 aromatic heterocycles. The molecule has 0 radical (unpaired) electrons. The second kappa shape index (κ2) is 9.58. The minimum absolute atomic E-state index is 0.0728. The van der Waals surface area contributed by atoms with Gasteiger partial charge in [-0.1, -0.05) is 12.1 Å². The van der Waals surface area contributed by atoms with Crippen LogP contribution in [0, 0.1) is 17.5 Å². The van der Waals surface area contributed by atoms with Crippen LogP contribution in [0.5, 0.6) is 0 Å². The molecule has 0 atom stereocenters. The lowest BCUT2D eigenvalue weighted by Crippen LogP contribution is -2.16. The highest BCUT2D eigenvalue weighted by atomic mass is 32.2. The van der Waals surface area contributed by atoms with Gasteiger partial charge in [0.1, 0.15) is 23.6 Å². The van der Waals surface area contributed by atoms with Gasteiger partial charge in [0.05, 0.1) is 21.7 Å². The summed E-state index contributed by atoms with van der Waals surface area (Å²) in [6.07, 6.45) is 5.96. The zero-order chi connectivity index (χ0) is 28.0. The van der Waals surface area contributed by atoms with E-state index in [0.29, 0.717) is 16.6 Å². The quantitative estimate of drug-likeness (QED) is 0.256. The Balaban J connectivity index is 1.39. The van der Waals surface area contributed by atoms with Crippen LogP contribution in [0.15, 0.2) is 90.5 Å². The molecule has 0 saturated carbocycles. The number of rotatable bonds is 6. The van der Waals surface area contributed by atoms with E-state index in [1.807, 2.05) is 16.9 Å². The number of carbonyl (C=O) groups is 1. The third-order valence-corrected chi connectivity index (χ3v) is 7.65. The van der Waals surface area contributed by atoms with E-state index in [-0.39, 0.29) is 5.56 Å². The standard InChI is InChI=1S/C28H16F3N5O3S/c29-18-2-1-3-19(10-18)40(38,39)36-24-7-5-22(30)25(26(24)31)27(37)21-13-34-28-20(21)9-16(12-33-28)15-4-6-23-17(8-15)11-32-14-35-23/h1-14,36H,(H,33,34). The van der Waals surface area contributed by atoms with Crippen LogP contribution in [0.25, 0.3) is 33.1 Å². The van der Waals surface area contributed by atoms with Gasteiger partial charge in [-0.25, -0.2) is 36.5 Å². The summed E-state index contributed by atoms with van der Waals surface area (Å²) >= 11 is 0. The number of halogens is 3. The Morgan fingerprint density at radius 2 is 1.75 bits per heavy atom. The molecule has 0 aliphatic rings. The minimum atomic E-state index is -4.44. The van der Waals surface area contributed by atoms with E-state index < -0.39 is 49.4 Å². The second-order valence-electron chi connectivity index (χ2n) is 8.79. The molecule has 0 fully saturated rings.